The van der Waals surface area contributed by atoms with Crippen molar-refractivity contribution in [1.29, 1.82) is 0 Å². The largest absolute Gasteiger partial charge is 0.444 e. The molecule has 0 unspecified atom stereocenters. The topological polar surface area (TPSA) is 61.8 Å². The maximum absolute atomic E-state index is 12.1. The normalized spacial score (nSPS) is 23.4. The molecule has 0 radical (unpaired) electrons. The predicted molar refractivity (Wildman–Crippen MR) is 85.6 cm³/mol. The molecule has 1 heterocycles. The molecule has 5 heteroatoms. The van der Waals surface area contributed by atoms with Gasteiger partial charge in [0, 0.05) is 12.6 Å². The van der Waals surface area contributed by atoms with Crippen molar-refractivity contribution in [2.75, 3.05) is 13.1 Å². The highest BCUT2D eigenvalue weighted by atomic mass is 16.6. The summed E-state index contributed by atoms with van der Waals surface area (Å²) in [5.41, 5.74) is 0.635. The van der Waals surface area contributed by atoms with Crippen molar-refractivity contribution in [1.82, 2.24) is 10.2 Å². The van der Waals surface area contributed by atoms with Crippen LogP contribution in [0.15, 0.2) is 30.3 Å². The highest BCUT2D eigenvalue weighted by molar-refractivity contribution is 5.68. The Kier molecular flexibility index (Phi) is 5.08. The Bertz CT molecular complexity index is 498. The predicted octanol–water partition coefficient (Wildman–Crippen LogP) is 2.32. The molecule has 122 valence electrons. The first-order valence-electron chi connectivity index (χ1n) is 7.73. The molecule has 1 aliphatic heterocycles. The van der Waals surface area contributed by atoms with E-state index in [9.17, 15) is 9.90 Å². The Morgan fingerprint density at radius 3 is 2.55 bits per heavy atom. The molecule has 0 bridgehead atoms. The third-order valence-electron chi connectivity index (χ3n) is 3.70. The van der Waals surface area contributed by atoms with Gasteiger partial charge in [-0.2, -0.15) is 0 Å². The minimum Gasteiger partial charge on any atom is -0.444 e. The van der Waals surface area contributed by atoms with Crippen molar-refractivity contribution >= 4 is 6.09 Å². The standard InChI is InChI=1S/C17H26N2O3/c1-12(13-8-6-5-7-9-13)18-14-10-19(11-15(14)20)16(21)22-17(2,3)4/h5-9,12,14-15,18,20H,10-11H2,1-4H3/t12-,14-,15-/m1/s1. The number of likely N-dealkylation sites (tertiary alicyclic amines) is 1. The van der Waals surface area contributed by atoms with E-state index in [2.05, 4.69) is 12.2 Å². The molecule has 5 nitrogen and oxygen atoms in total. The number of hydrogen-bond donors (Lipinski definition) is 2. The van der Waals surface area contributed by atoms with Crippen LogP contribution in [0.5, 0.6) is 0 Å². The monoisotopic (exact) mass is 306 g/mol. The molecule has 1 aliphatic rings. The molecule has 0 aliphatic carbocycles. The lowest BCUT2D eigenvalue weighted by Crippen LogP contribution is -2.41. The number of β-amino-alcohol motifs (C(OH)–C–C–N with tert-alkyl or cyclic N) is 1. The van der Waals surface area contributed by atoms with Crippen molar-refractivity contribution < 1.29 is 14.6 Å². The minimum absolute atomic E-state index is 0.111. The molecule has 0 aromatic heterocycles. The van der Waals surface area contributed by atoms with Gasteiger partial charge in [-0.3, -0.25) is 0 Å². The van der Waals surface area contributed by atoms with Gasteiger partial charge in [-0.15, -0.1) is 0 Å². The van der Waals surface area contributed by atoms with Crippen LogP contribution in [0, 0.1) is 0 Å². The Labute approximate surface area is 132 Å². The van der Waals surface area contributed by atoms with E-state index in [1.54, 1.807) is 4.90 Å². The molecule has 2 rings (SSSR count). The Balaban J connectivity index is 1.92. The van der Waals surface area contributed by atoms with E-state index in [1.807, 2.05) is 51.1 Å². The average Bonchev–Trinajstić information content (AvgIpc) is 2.79. The zero-order valence-corrected chi connectivity index (χ0v) is 13.7. The zero-order valence-electron chi connectivity index (χ0n) is 13.7. The van der Waals surface area contributed by atoms with E-state index in [0.717, 1.165) is 5.56 Å². The molecule has 0 saturated carbocycles. The summed E-state index contributed by atoms with van der Waals surface area (Å²) in [5, 5.41) is 13.6. The third kappa shape index (κ3) is 4.45. The number of amides is 1. The number of aliphatic hydroxyl groups excluding tert-OH is 1. The van der Waals surface area contributed by atoms with Crippen LogP contribution in [-0.2, 0) is 4.74 Å². The lowest BCUT2D eigenvalue weighted by Gasteiger charge is -2.25. The first kappa shape index (κ1) is 16.8. The second-order valence-electron chi connectivity index (χ2n) is 6.86. The summed E-state index contributed by atoms with van der Waals surface area (Å²) >= 11 is 0. The van der Waals surface area contributed by atoms with Gasteiger partial charge >= 0.3 is 6.09 Å². The quantitative estimate of drug-likeness (QED) is 0.899. The molecular formula is C17H26N2O3. The van der Waals surface area contributed by atoms with Crippen LogP contribution in [0.4, 0.5) is 4.79 Å². The van der Waals surface area contributed by atoms with Crippen LogP contribution < -0.4 is 5.32 Å². The van der Waals surface area contributed by atoms with Crippen molar-refractivity contribution in [3.63, 3.8) is 0 Å². The average molecular weight is 306 g/mol. The number of carbonyl (C=O) groups excluding carboxylic acids is 1. The Morgan fingerprint density at radius 2 is 1.95 bits per heavy atom. The van der Waals surface area contributed by atoms with Gasteiger partial charge < -0.3 is 20.1 Å². The first-order chi connectivity index (χ1) is 10.3. The smallest absolute Gasteiger partial charge is 0.410 e. The van der Waals surface area contributed by atoms with Gasteiger partial charge in [-0.05, 0) is 33.3 Å². The minimum atomic E-state index is -0.585. The van der Waals surface area contributed by atoms with Gasteiger partial charge in [-0.1, -0.05) is 30.3 Å². The van der Waals surface area contributed by atoms with Crippen LogP contribution in [0.2, 0.25) is 0 Å². The number of nitrogens with one attached hydrogen (secondary N) is 1. The molecule has 2 N–H and O–H groups in total. The van der Waals surface area contributed by atoms with Gasteiger partial charge in [-0.25, -0.2) is 4.79 Å². The number of ether oxygens (including phenoxy) is 1. The first-order valence-corrected chi connectivity index (χ1v) is 7.73. The van der Waals surface area contributed by atoms with Gasteiger partial charge in [0.15, 0.2) is 0 Å². The maximum atomic E-state index is 12.1. The van der Waals surface area contributed by atoms with E-state index >= 15 is 0 Å². The van der Waals surface area contributed by atoms with Crippen LogP contribution in [0.1, 0.15) is 39.3 Å². The number of aliphatic hydroxyl groups is 1. The second-order valence-corrected chi connectivity index (χ2v) is 6.86. The molecule has 1 saturated heterocycles. The molecule has 1 amide bonds. The summed E-state index contributed by atoms with van der Waals surface area (Å²) in [7, 11) is 0. The zero-order chi connectivity index (χ0) is 16.3. The summed E-state index contributed by atoms with van der Waals surface area (Å²) in [6.45, 7) is 8.32. The highest BCUT2D eigenvalue weighted by Crippen LogP contribution is 2.19. The molecule has 0 spiro atoms. The van der Waals surface area contributed by atoms with Crippen LogP contribution in [-0.4, -0.2) is 46.9 Å². The summed E-state index contributed by atoms with van der Waals surface area (Å²) < 4.78 is 5.36. The Morgan fingerprint density at radius 1 is 1.32 bits per heavy atom. The fourth-order valence-corrected chi connectivity index (χ4v) is 2.59. The molecule has 22 heavy (non-hydrogen) atoms. The number of carbonyl (C=O) groups is 1. The van der Waals surface area contributed by atoms with Crippen LogP contribution >= 0.6 is 0 Å². The molecule has 3 atom stereocenters. The molecule has 1 aromatic rings. The molecular weight excluding hydrogens is 280 g/mol. The number of nitrogens with zero attached hydrogens (tertiary/aromatic N) is 1. The number of benzene rings is 1. The fourth-order valence-electron chi connectivity index (χ4n) is 2.59. The lowest BCUT2D eigenvalue weighted by atomic mass is 10.1. The van der Waals surface area contributed by atoms with Crippen molar-refractivity contribution in [3.8, 4) is 0 Å². The van der Waals surface area contributed by atoms with E-state index in [4.69, 9.17) is 4.74 Å². The van der Waals surface area contributed by atoms with Crippen LogP contribution in [0.25, 0.3) is 0 Å². The van der Waals surface area contributed by atoms with Gasteiger partial charge in [0.2, 0.25) is 0 Å². The van der Waals surface area contributed by atoms with E-state index in [-0.39, 0.29) is 18.2 Å². The van der Waals surface area contributed by atoms with E-state index in [0.29, 0.717) is 13.1 Å². The summed E-state index contributed by atoms with van der Waals surface area (Å²) in [6, 6.07) is 10.0. The van der Waals surface area contributed by atoms with Crippen molar-refractivity contribution in [2.45, 2.75) is 51.5 Å². The van der Waals surface area contributed by atoms with Crippen molar-refractivity contribution in [2.24, 2.45) is 0 Å². The van der Waals surface area contributed by atoms with Crippen LogP contribution in [0.3, 0.4) is 0 Å². The summed E-state index contributed by atoms with van der Waals surface area (Å²) in [6.07, 6.45) is -0.957. The van der Waals surface area contributed by atoms with Gasteiger partial charge in [0.25, 0.3) is 0 Å². The van der Waals surface area contributed by atoms with Gasteiger partial charge in [0.1, 0.15) is 5.60 Å². The number of rotatable bonds is 3. The van der Waals surface area contributed by atoms with E-state index in [1.165, 1.54) is 0 Å². The SMILES string of the molecule is C[C@@H](N[C@@H]1CN(C(=O)OC(C)(C)C)C[C@H]1O)c1ccccc1. The summed E-state index contributed by atoms with van der Waals surface area (Å²) in [4.78, 5) is 13.6. The summed E-state index contributed by atoms with van der Waals surface area (Å²) in [5.74, 6) is 0. The highest BCUT2D eigenvalue weighted by Gasteiger charge is 2.36. The fraction of sp³-hybridized carbons (Fsp3) is 0.588. The molecule has 1 aromatic carbocycles. The molecule has 1 fully saturated rings. The maximum Gasteiger partial charge on any atom is 0.410 e. The second kappa shape index (κ2) is 6.67. The van der Waals surface area contributed by atoms with E-state index < -0.39 is 11.7 Å². The lowest BCUT2D eigenvalue weighted by molar-refractivity contribution is 0.0270. The number of hydrogen-bond acceptors (Lipinski definition) is 4. The third-order valence-corrected chi connectivity index (χ3v) is 3.70. The van der Waals surface area contributed by atoms with Gasteiger partial charge in [0.05, 0.1) is 18.7 Å². The Hall–Kier alpha value is -1.59. The van der Waals surface area contributed by atoms with Crippen molar-refractivity contribution in [3.05, 3.63) is 35.9 Å².